The van der Waals surface area contributed by atoms with Crippen LogP contribution >= 0.6 is 46.4 Å². The van der Waals surface area contributed by atoms with E-state index in [1.165, 1.54) is 18.2 Å². The Kier molecular flexibility index (Phi) is 4.13. The molecule has 2 nitrogen and oxygen atoms in total. The molecule has 0 bridgehead atoms. The minimum absolute atomic E-state index is 0.0229. The van der Waals surface area contributed by atoms with Crippen LogP contribution in [0.15, 0.2) is 30.3 Å². The van der Waals surface area contributed by atoms with Crippen LogP contribution in [0.25, 0.3) is 0 Å². The first-order valence-electron chi connectivity index (χ1n) is 4.76. The summed E-state index contributed by atoms with van der Waals surface area (Å²) in [7, 11) is 0. The lowest BCUT2D eigenvalue weighted by molar-refractivity contribution is 0.329. The van der Waals surface area contributed by atoms with Crippen molar-refractivity contribution in [1.82, 2.24) is 0 Å². The van der Waals surface area contributed by atoms with Crippen LogP contribution in [0.2, 0.25) is 20.1 Å². The smallest absolute Gasteiger partial charge is 0.224 e. The highest BCUT2D eigenvalue weighted by atomic mass is 35.5. The molecule has 0 heterocycles. The molecule has 2 rings (SSSR count). The number of hydrogen-bond acceptors (Lipinski definition) is 1. The summed E-state index contributed by atoms with van der Waals surface area (Å²) in [6.07, 6.45) is 0. The van der Waals surface area contributed by atoms with Gasteiger partial charge in [-0.1, -0.05) is 46.4 Å². The number of hydrogen-bond donors (Lipinski definition) is 0. The summed E-state index contributed by atoms with van der Waals surface area (Å²) in [4.78, 5) is 0. The van der Waals surface area contributed by atoms with E-state index in [9.17, 15) is 5.11 Å². The summed E-state index contributed by atoms with van der Waals surface area (Å²) >= 11 is 23.3. The van der Waals surface area contributed by atoms with E-state index in [1.54, 1.807) is 12.1 Å². The first-order chi connectivity index (χ1) is 8.47. The van der Waals surface area contributed by atoms with E-state index in [0.29, 0.717) is 10.8 Å². The Labute approximate surface area is 124 Å². The third kappa shape index (κ3) is 2.96. The summed E-state index contributed by atoms with van der Waals surface area (Å²) < 4.78 is 5.39. The van der Waals surface area contributed by atoms with Crippen molar-refractivity contribution in [2.45, 2.75) is 0 Å². The van der Waals surface area contributed by atoms with Gasteiger partial charge in [-0.15, -0.1) is 0 Å². The van der Waals surface area contributed by atoms with Crippen molar-refractivity contribution in [3.05, 3.63) is 50.4 Å². The van der Waals surface area contributed by atoms with Crippen LogP contribution in [0.4, 0.5) is 0 Å². The first kappa shape index (κ1) is 13.6. The first-order valence-corrected chi connectivity index (χ1v) is 6.27. The number of ether oxygens (including phenoxy) is 1. The molecule has 0 aliphatic carbocycles. The van der Waals surface area contributed by atoms with Gasteiger partial charge in [0.25, 0.3) is 0 Å². The second-order valence-electron chi connectivity index (χ2n) is 3.39. The van der Waals surface area contributed by atoms with Gasteiger partial charge < -0.3 is 4.74 Å². The summed E-state index contributed by atoms with van der Waals surface area (Å²) in [5, 5.41) is 12.8. The molecule has 0 saturated carbocycles. The van der Waals surface area contributed by atoms with Crippen LogP contribution in [-0.2, 0) is 5.11 Å². The number of benzene rings is 2. The minimum atomic E-state index is -0.418. The van der Waals surface area contributed by atoms with Crippen molar-refractivity contribution >= 4 is 46.4 Å². The molecular formula is C12H5Cl4O2. The molecule has 1 radical (unpaired) electrons. The molecule has 0 aromatic heterocycles. The molecule has 0 aliphatic heterocycles. The molecule has 2 aromatic carbocycles. The van der Waals surface area contributed by atoms with Gasteiger partial charge in [0.1, 0.15) is 5.75 Å². The van der Waals surface area contributed by atoms with Crippen molar-refractivity contribution in [2.75, 3.05) is 0 Å². The van der Waals surface area contributed by atoms with E-state index in [0.717, 1.165) is 0 Å². The maximum atomic E-state index is 11.7. The maximum absolute atomic E-state index is 11.7. The van der Waals surface area contributed by atoms with E-state index >= 15 is 0 Å². The molecule has 0 unspecified atom stereocenters. The SMILES string of the molecule is [O]c1cc(Cl)cc(Cl)c1Oc1ccc(Cl)cc1Cl. The molecule has 0 atom stereocenters. The van der Waals surface area contributed by atoms with Gasteiger partial charge in [0.15, 0.2) is 5.75 Å². The van der Waals surface area contributed by atoms with Gasteiger partial charge in [0, 0.05) is 16.1 Å². The molecule has 0 spiro atoms. The highest BCUT2D eigenvalue weighted by molar-refractivity contribution is 6.36. The monoisotopic (exact) mass is 321 g/mol. The minimum Gasteiger partial charge on any atom is -0.450 e. The van der Waals surface area contributed by atoms with Crippen LogP contribution in [0.1, 0.15) is 0 Å². The molecule has 0 N–H and O–H groups in total. The fourth-order valence-electron chi connectivity index (χ4n) is 1.30. The lowest BCUT2D eigenvalue weighted by atomic mass is 10.3. The topological polar surface area (TPSA) is 29.1 Å². The highest BCUT2D eigenvalue weighted by Crippen LogP contribution is 2.42. The quantitative estimate of drug-likeness (QED) is 0.643. The zero-order chi connectivity index (χ0) is 13.3. The van der Waals surface area contributed by atoms with E-state index in [-0.39, 0.29) is 20.8 Å². The Balaban J connectivity index is 2.40. The van der Waals surface area contributed by atoms with Crippen LogP contribution in [0, 0.1) is 0 Å². The summed E-state index contributed by atoms with van der Waals surface area (Å²) in [5.41, 5.74) is 0. The van der Waals surface area contributed by atoms with Crippen molar-refractivity contribution in [3.63, 3.8) is 0 Å². The van der Waals surface area contributed by atoms with Crippen molar-refractivity contribution in [3.8, 4) is 17.2 Å². The summed E-state index contributed by atoms with van der Waals surface area (Å²) in [5.74, 6) is -0.147. The van der Waals surface area contributed by atoms with Crippen LogP contribution < -0.4 is 4.74 Å². The normalized spacial score (nSPS) is 10.4. The standard InChI is InChI=1S/C12H5Cl4O2/c13-6-1-2-11(8(15)3-6)18-12-9(16)4-7(14)5-10(12)17/h1-5H. The Hall–Kier alpha value is -0.800. The van der Waals surface area contributed by atoms with Gasteiger partial charge in [-0.25, -0.2) is 0 Å². The van der Waals surface area contributed by atoms with Gasteiger partial charge >= 0.3 is 0 Å². The van der Waals surface area contributed by atoms with Crippen LogP contribution in [0.3, 0.4) is 0 Å². The van der Waals surface area contributed by atoms with E-state index in [4.69, 9.17) is 51.1 Å². The molecule has 0 fully saturated rings. The summed E-state index contributed by atoms with van der Waals surface area (Å²) in [6, 6.07) is 7.29. The number of halogens is 4. The summed E-state index contributed by atoms with van der Waals surface area (Å²) in [6.45, 7) is 0. The van der Waals surface area contributed by atoms with Crippen molar-refractivity contribution in [1.29, 1.82) is 0 Å². The van der Waals surface area contributed by atoms with Gasteiger partial charge in [-0.3, -0.25) is 5.11 Å². The molecule has 6 heteroatoms. The largest absolute Gasteiger partial charge is 0.450 e. The third-order valence-corrected chi connectivity index (χ3v) is 3.11. The molecule has 0 aliphatic rings. The molecule has 0 saturated heterocycles. The van der Waals surface area contributed by atoms with Crippen molar-refractivity contribution < 1.29 is 9.84 Å². The predicted molar refractivity (Wildman–Crippen MR) is 73.1 cm³/mol. The highest BCUT2D eigenvalue weighted by Gasteiger charge is 2.14. The molecule has 18 heavy (non-hydrogen) atoms. The van der Waals surface area contributed by atoms with Gasteiger partial charge in [-0.2, -0.15) is 0 Å². The zero-order valence-corrected chi connectivity index (χ0v) is 11.7. The van der Waals surface area contributed by atoms with E-state index < -0.39 is 5.75 Å². The second kappa shape index (κ2) is 5.45. The fraction of sp³-hybridized carbons (Fsp3) is 0. The Morgan fingerprint density at radius 1 is 0.833 bits per heavy atom. The number of rotatable bonds is 2. The average Bonchev–Trinajstić information content (AvgIpc) is 2.25. The third-order valence-electron chi connectivity index (χ3n) is 2.08. The van der Waals surface area contributed by atoms with Crippen LogP contribution in [0.5, 0.6) is 17.2 Å². The van der Waals surface area contributed by atoms with E-state index in [1.807, 2.05) is 0 Å². The average molecular weight is 323 g/mol. The predicted octanol–water partition coefficient (Wildman–Crippen LogP) is 6.24. The van der Waals surface area contributed by atoms with Gasteiger partial charge in [0.05, 0.1) is 10.0 Å². The molecule has 0 amide bonds. The Morgan fingerprint density at radius 2 is 1.50 bits per heavy atom. The fourth-order valence-corrected chi connectivity index (χ4v) is 2.26. The van der Waals surface area contributed by atoms with Gasteiger partial charge in [-0.05, 0) is 24.3 Å². The maximum Gasteiger partial charge on any atom is 0.224 e. The van der Waals surface area contributed by atoms with Crippen LogP contribution in [-0.4, -0.2) is 0 Å². The molecule has 2 aromatic rings. The molecular weight excluding hydrogens is 318 g/mol. The van der Waals surface area contributed by atoms with Crippen molar-refractivity contribution in [2.24, 2.45) is 0 Å². The van der Waals surface area contributed by atoms with E-state index in [2.05, 4.69) is 0 Å². The Bertz CT molecular complexity index is 576. The second-order valence-corrected chi connectivity index (χ2v) is 5.08. The van der Waals surface area contributed by atoms with Gasteiger partial charge in [0.2, 0.25) is 5.75 Å². The lowest BCUT2D eigenvalue weighted by Gasteiger charge is -2.10. The Morgan fingerprint density at radius 3 is 2.11 bits per heavy atom. The zero-order valence-electron chi connectivity index (χ0n) is 8.72. The molecule has 93 valence electrons. The lowest BCUT2D eigenvalue weighted by Crippen LogP contribution is -1.87.